The predicted octanol–water partition coefficient (Wildman–Crippen LogP) is 5.57. The number of amides is 1. The van der Waals surface area contributed by atoms with Gasteiger partial charge in [-0.05, 0) is 42.0 Å². The summed E-state index contributed by atoms with van der Waals surface area (Å²) in [5, 5.41) is 2.95. The molecule has 4 aromatic carbocycles. The van der Waals surface area contributed by atoms with Gasteiger partial charge in [-0.3, -0.25) is 9.10 Å². The van der Waals surface area contributed by atoms with E-state index < -0.39 is 22.0 Å². The molecule has 0 aliphatic carbocycles. The summed E-state index contributed by atoms with van der Waals surface area (Å²) in [5.74, 6) is -0.231. The van der Waals surface area contributed by atoms with Gasteiger partial charge < -0.3 is 10.1 Å². The lowest BCUT2D eigenvalue weighted by Gasteiger charge is -2.34. The third kappa shape index (κ3) is 5.40. The monoisotopic (exact) mass is 516 g/mol. The van der Waals surface area contributed by atoms with Crippen LogP contribution in [0.4, 0.5) is 11.4 Å². The van der Waals surface area contributed by atoms with Crippen LogP contribution in [-0.4, -0.2) is 27.0 Å². The summed E-state index contributed by atoms with van der Waals surface area (Å²) in [6, 6.07) is 33.3. The third-order valence-corrected chi connectivity index (χ3v) is 8.47. The van der Waals surface area contributed by atoms with Gasteiger partial charge in [-0.2, -0.15) is 0 Å². The van der Waals surface area contributed by atoms with Gasteiger partial charge in [0, 0.05) is 9.79 Å². The second kappa shape index (κ2) is 10.5. The Bertz CT molecular complexity index is 1460. The molecule has 5 rings (SSSR count). The number of hydrogen-bond donors (Lipinski definition) is 1. The van der Waals surface area contributed by atoms with Gasteiger partial charge in [-0.1, -0.05) is 84.6 Å². The van der Waals surface area contributed by atoms with Crippen molar-refractivity contribution in [3.63, 3.8) is 0 Å². The minimum absolute atomic E-state index is 0.119. The number of rotatable bonds is 7. The van der Waals surface area contributed by atoms with Crippen molar-refractivity contribution in [3.05, 3.63) is 115 Å². The molecule has 0 radical (unpaired) electrons. The second-order valence-electron chi connectivity index (χ2n) is 8.25. The Morgan fingerprint density at radius 2 is 1.50 bits per heavy atom. The van der Waals surface area contributed by atoms with Gasteiger partial charge in [0.2, 0.25) is 10.0 Å². The largest absolute Gasteiger partial charge is 0.476 e. The molecule has 0 spiro atoms. The molecule has 1 atom stereocenters. The van der Waals surface area contributed by atoms with E-state index in [1.165, 1.54) is 16.1 Å². The molecule has 1 aliphatic heterocycles. The highest BCUT2D eigenvalue weighted by molar-refractivity contribution is 7.99. The summed E-state index contributed by atoms with van der Waals surface area (Å²) in [6.07, 6.45) is -1.01. The number of carbonyl (C=O) groups is 1. The van der Waals surface area contributed by atoms with Gasteiger partial charge in [-0.15, -0.1) is 0 Å². The van der Waals surface area contributed by atoms with E-state index in [0.29, 0.717) is 22.7 Å². The highest BCUT2D eigenvalue weighted by Gasteiger charge is 2.36. The third-order valence-electron chi connectivity index (χ3n) is 5.67. The van der Waals surface area contributed by atoms with E-state index >= 15 is 0 Å². The average Bonchev–Trinajstić information content (AvgIpc) is 2.90. The number of nitrogens with zero attached hydrogens (tertiary/aromatic N) is 1. The van der Waals surface area contributed by atoms with Gasteiger partial charge in [0.05, 0.1) is 23.7 Å². The fourth-order valence-corrected chi connectivity index (χ4v) is 6.46. The van der Waals surface area contributed by atoms with Crippen molar-refractivity contribution in [3.8, 4) is 5.75 Å². The lowest BCUT2D eigenvalue weighted by molar-refractivity contribution is -0.122. The highest BCUT2D eigenvalue weighted by Crippen LogP contribution is 2.37. The molecule has 1 aliphatic rings. The van der Waals surface area contributed by atoms with Crippen LogP contribution in [0.5, 0.6) is 5.75 Å². The second-order valence-corrected chi connectivity index (χ2v) is 11.3. The van der Waals surface area contributed by atoms with Crippen molar-refractivity contribution in [1.82, 2.24) is 0 Å². The molecule has 0 bridgehead atoms. The highest BCUT2D eigenvalue weighted by atomic mass is 32.2. The first-order chi connectivity index (χ1) is 17.5. The molecule has 0 aromatic heterocycles. The van der Waals surface area contributed by atoms with Crippen LogP contribution in [-0.2, 0) is 20.6 Å². The smallest absolute Gasteiger partial charge is 0.267 e. The SMILES string of the molecule is O=C(Nc1ccccc1Sc1ccccc1)C1CN(S(=O)(=O)Cc2ccccc2)c2ccccc2O1. The fourth-order valence-electron chi connectivity index (χ4n) is 3.95. The quantitative estimate of drug-likeness (QED) is 0.347. The van der Waals surface area contributed by atoms with Gasteiger partial charge in [0.1, 0.15) is 5.75 Å². The molecule has 1 unspecified atom stereocenters. The van der Waals surface area contributed by atoms with Crippen LogP contribution in [0.2, 0.25) is 0 Å². The van der Waals surface area contributed by atoms with Crippen LogP contribution < -0.4 is 14.4 Å². The lowest BCUT2D eigenvalue weighted by atomic mass is 10.2. The molecule has 4 aromatic rings. The van der Waals surface area contributed by atoms with Crippen LogP contribution in [0.1, 0.15) is 5.56 Å². The molecular formula is C28H24N2O4S2. The van der Waals surface area contributed by atoms with Crippen LogP contribution in [0.25, 0.3) is 0 Å². The molecular weight excluding hydrogens is 492 g/mol. The van der Waals surface area contributed by atoms with E-state index in [2.05, 4.69) is 5.32 Å². The summed E-state index contributed by atoms with van der Waals surface area (Å²) in [7, 11) is -3.77. The first kappa shape index (κ1) is 24.0. The van der Waals surface area contributed by atoms with Gasteiger partial charge in [0.25, 0.3) is 5.91 Å². The van der Waals surface area contributed by atoms with Gasteiger partial charge in [-0.25, -0.2) is 8.42 Å². The van der Waals surface area contributed by atoms with Crippen molar-refractivity contribution < 1.29 is 17.9 Å². The van der Waals surface area contributed by atoms with Crippen LogP contribution in [0.3, 0.4) is 0 Å². The van der Waals surface area contributed by atoms with Crippen LogP contribution in [0, 0.1) is 0 Å². The number of fused-ring (bicyclic) bond motifs is 1. The van der Waals surface area contributed by atoms with Gasteiger partial charge >= 0.3 is 0 Å². The van der Waals surface area contributed by atoms with E-state index in [9.17, 15) is 13.2 Å². The number of sulfonamides is 1. The van der Waals surface area contributed by atoms with E-state index in [0.717, 1.165) is 9.79 Å². The minimum atomic E-state index is -3.77. The van der Waals surface area contributed by atoms with E-state index in [1.807, 2.05) is 60.7 Å². The van der Waals surface area contributed by atoms with Crippen molar-refractivity contribution in [1.29, 1.82) is 0 Å². The Hall–Kier alpha value is -3.75. The van der Waals surface area contributed by atoms with Crippen molar-refractivity contribution in [2.24, 2.45) is 0 Å². The van der Waals surface area contributed by atoms with Crippen LogP contribution in [0.15, 0.2) is 119 Å². The Morgan fingerprint density at radius 1 is 0.861 bits per heavy atom. The van der Waals surface area contributed by atoms with Crippen molar-refractivity contribution in [2.75, 3.05) is 16.2 Å². The number of hydrogen-bond acceptors (Lipinski definition) is 5. The Morgan fingerprint density at radius 3 is 2.28 bits per heavy atom. The summed E-state index contributed by atoms with van der Waals surface area (Å²) in [6.45, 7) is -0.119. The number of para-hydroxylation sites is 3. The summed E-state index contributed by atoms with van der Waals surface area (Å²) in [4.78, 5) is 15.3. The van der Waals surface area contributed by atoms with Crippen molar-refractivity contribution >= 4 is 39.1 Å². The summed E-state index contributed by atoms with van der Waals surface area (Å²) < 4.78 is 34.1. The Labute approximate surface area is 215 Å². The number of ether oxygens (including phenoxy) is 1. The molecule has 182 valence electrons. The molecule has 8 heteroatoms. The fraction of sp³-hybridized carbons (Fsp3) is 0.107. The maximum absolute atomic E-state index is 13.4. The van der Waals surface area contributed by atoms with Crippen LogP contribution >= 0.6 is 11.8 Å². The zero-order valence-corrected chi connectivity index (χ0v) is 20.9. The lowest BCUT2D eigenvalue weighted by Crippen LogP contribution is -2.49. The van der Waals surface area contributed by atoms with Gasteiger partial charge in [0.15, 0.2) is 6.10 Å². The normalized spacial score (nSPS) is 15.0. The topological polar surface area (TPSA) is 75.7 Å². The zero-order chi connectivity index (χ0) is 25.0. The Balaban J connectivity index is 1.39. The standard InChI is InChI=1S/C28H24N2O4S2/c31-28(29-23-15-7-10-18-27(23)35-22-13-5-2-6-14-22)26-19-30(24-16-8-9-17-25(24)34-26)36(32,33)20-21-11-3-1-4-12-21/h1-18,26H,19-20H2,(H,29,31). The molecule has 0 fully saturated rings. The molecule has 1 amide bonds. The number of anilines is 2. The number of carbonyl (C=O) groups excluding carboxylic acids is 1. The first-order valence-electron chi connectivity index (χ1n) is 11.4. The molecule has 36 heavy (non-hydrogen) atoms. The zero-order valence-electron chi connectivity index (χ0n) is 19.3. The van der Waals surface area contributed by atoms with E-state index in [1.54, 1.807) is 48.5 Å². The Kier molecular flexibility index (Phi) is 6.97. The number of benzene rings is 4. The molecule has 0 saturated carbocycles. The predicted molar refractivity (Wildman–Crippen MR) is 143 cm³/mol. The van der Waals surface area contributed by atoms with E-state index in [4.69, 9.17) is 4.74 Å². The maximum Gasteiger partial charge on any atom is 0.267 e. The maximum atomic E-state index is 13.4. The number of nitrogens with one attached hydrogen (secondary N) is 1. The average molecular weight is 517 g/mol. The first-order valence-corrected chi connectivity index (χ1v) is 13.8. The molecule has 1 N–H and O–H groups in total. The molecule has 6 nitrogen and oxygen atoms in total. The summed E-state index contributed by atoms with van der Waals surface area (Å²) in [5.41, 5.74) is 1.74. The summed E-state index contributed by atoms with van der Waals surface area (Å²) >= 11 is 1.54. The van der Waals surface area contributed by atoms with E-state index in [-0.39, 0.29) is 12.3 Å². The minimum Gasteiger partial charge on any atom is -0.476 e. The molecule has 1 heterocycles. The van der Waals surface area contributed by atoms with Crippen molar-refractivity contribution in [2.45, 2.75) is 21.6 Å². The molecule has 0 saturated heterocycles.